The molecule has 0 aliphatic rings. The van der Waals surface area contributed by atoms with E-state index < -0.39 is 23.2 Å². The Morgan fingerprint density at radius 1 is 1.05 bits per heavy atom. The molecule has 0 saturated heterocycles. The van der Waals surface area contributed by atoms with E-state index in [1.165, 1.54) is 13.0 Å². The molecule has 98 valence electrons. The molecule has 0 aliphatic carbocycles. The maximum atomic E-state index is 13.5. The third-order valence-electron chi connectivity index (χ3n) is 2.82. The van der Waals surface area contributed by atoms with Gasteiger partial charge in [0.25, 0.3) is 0 Å². The number of benzene rings is 2. The molecule has 0 radical (unpaired) electrons. The summed E-state index contributed by atoms with van der Waals surface area (Å²) in [4.78, 5) is 12.0. The summed E-state index contributed by atoms with van der Waals surface area (Å²) in [6.07, 6.45) is 0. The highest BCUT2D eigenvalue weighted by atomic mass is 19.1. The first-order valence-corrected chi connectivity index (χ1v) is 5.45. The maximum absolute atomic E-state index is 13.5. The summed E-state index contributed by atoms with van der Waals surface area (Å²) in [6, 6.07) is 4.83. The molecule has 19 heavy (non-hydrogen) atoms. The van der Waals surface area contributed by atoms with E-state index in [0.717, 1.165) is 18.2 Å². The largest absolute Gasteiger partial charge is 0.398 e. The number of hydrogen-bond acceptors (Lipinski definition) is 2. The van der Waals surface area contributed by atoms with Gasteiger partial charge in [0.15, 0.2) is 5.78 Å². The second-order valence-corrected chi connectivity index (χ2v) is 4.13. The van der Waals surface area contributed by atoms with Crippen LogP contribution in [0.25, 0.3) is 0 Å². The van der Waals surface area contributed by atoms with E-state index in [-0.39, 0.29) is 22.4 Å². The van der Waals surface area contributed by atoms with Gasteiger partial charge in [0, 0.05) is 22.9 Å². The molecule has 0 unspecified atom stereocenters. The Bertz CT molecular complexity index is 645. The predicted octanol–water partition coefficient (Wildman–Crippen LogP) is 3.23. The minimum absolute atomic E-state index is 0.0777. The summed E-state index contributed by atoms with van der Waals surface area (Å²) in [7, 11) is 0. The Kier molecular flexibility index (Phi) is 3.29. The van der Waals surface area contributed by atoms with Crippen molar-refractivity contribution in [3.05, 3.63) is 64.5 Å². The van der Waals surface area contributed by atoms with Crippen LogP contribution in [0, 0.1) is 24.4 Å². The summed E-state index contributed by atoms with van der Waals surface area (Å²) in [5.74, 6) is -3.18. The van der Waals surface area contributed by atoms with Gasteiger partial charge in [0.1, 0.15) is 17.5 Å². The third kappa shape index (κ3) is 2.45. The first-order valence-electron chi connectivity index (χ1n) is 5.45. The lowest BCUT2D eigenvalue weighted by Crippen LogP contribution is -2.07. The molecule has 0 saturated carbocycles. The summed E-state index contributed by atoms with van der Waals surface area (Å²) in [5.41, 5.74) is 5.47. The molecule has 0 fully saturated rings. The van der Waals surface area contributed by atoms with Crippen molar-refractivity contribution in [3.63, 3.8) is 0 Å². The normalized spacial score (nSPS) is 10.5. The minimum Gasteiger partial charge on any atom is -0.398 e. The first kappa shape index (κ1) is 13.1. The zero-order valence-corrected chi connectivity index (χ0v) is 10.0. The Labute approximate surface area is 107 Å². The Morgan fingerprint density at radius 2 is 1.74 bits per heavy atom. The average Bonchev–Trinajstić information content (AvgIpc) is 2.34. The molecular weight excluding hydrogens is 255 g/mol. The number of hydrogen-bond donors (Lipinski definition) is 1. The molecule has 0 amide bonds. The number of nitrogens with two attached hydrogens (primary N) is 1. The van der Waals surface area contributed by atoms with Crippen LogP contribution in [0.5, 0.6) is 0 Å². The number of halogens is 3. The lowest BCUT2D eigenvalue weighted by molar-refractivity contribution is 0.103. The predicted molar refractivity (Wildman–Crippen MR) is 65.3 cm³/mol. The van der Waals surface area contributed by atoms with Crippen molar-refractivity contribution in [2.45, 2.75) is 6.92 Å². The SMILES string of the molecule is Cc1c(N)cc(C(=O)c2ccc(F)cc2F)cc1F. The molecule has 5 heteroatoms. The molecule has 0 atom stereocenters. The van der Waals surface area contributed by atoms with Crippen molar-refractivity contribution in [2.75, 3.05) is 5.73 Å². The van der Waals surface area contributed by atoms with Gasteiger partial charge in [-0.3, -0.25) is 4.79 Å². The van der Waals surface area contributed by atoms with Crippen molar-refractivity contribution >= 4 is 11.5 Å². The van der Waals surface area contributed by atoms with Gasteiger partial charge in [-0.2, -0.15) is 0 Å². The van der Waals surface area contributed by atoms with Crippen molar-refractivity contribution in [1.82, 2.24) is 0 Å². The molecule has 2 aromatic rings. The van der Waals surface area contributed by atoms with Crippen molar-refractivity contribution < 1.29 is 18.0 Å². The Hall–Kier alpha value is -2.30. The second kappa shape index (κ2) is 4.76. The van der Waals surface area contributed by atoms with Crippen LogP contribution in [-0.2, 0) is 0 Å². The quantitative estimate of drug-likeness (QED) is 0.669. The summed E-state index contributed by atoms with van der Waals surface area (Å²) < 4.78 is 39.7. The number of carbonyl (C=O) groups excluding carboxylic acids is 1. The summed E-state index contributed by atoms with van der Waals surface area (Å²) >= 11 is 0. The van der Waals surface area contributed by atoms with Gasteiger partial charge in [-0.1, -0.05) is 0 Å². The number of carbonyl (C=O) groups is 1. The van der Waals surface area contributed by atoms with Crippen LogP contribution in [0.1, 0.15) is 21.5 Å². The zero-order valence-electron chi connectivity index (χ0n) is 10.0. The highest BCUT2D eigenvalue weighted by Crippen LogP contribution is 2.21. The number of nitrogen functional groups attached to an aromatic ring is 1. The van der Waals surface area contributed by atoms with E-state index in [1.807, 2.05) is 0 Å². The fraction of sp³-hybridized carbons (Fsp3) is 0.0714. The number of rotatable bonds is 2. The van der Waals surface area contributed by atoms with E-state index in [2.05, 4.69) is 0 Å². The molecule has 2 nitrogen and oxygen atoms in total. The smallest absolute Gasteiger partial charge is 0.196 e. The summed E-state index contributed by atoms with van der Waals surface area (Å²) in [5, 5.41) is 0. The molecule has 0 aromatic heterocycles. The van der Waals surface area contributed by atoms with Gasteiger partial charge in [-0.15, -0.1) is 0 Å². The number of ketones is 1. The Morgan fingerprint density at radius 3 is 2.32 bits per heavy atom. The first-order chi connectivity index (χ1) is 8.90. The fourth-order valence-corrected chi connectivity index (χ4v) is 1.66. The monoisotopic (exact) mass is 265 g/mol. The van der Waals surface area contributed by atoms with Crippen LogP contribution >= 0.6 is 0 Å². The van der Waals surface area contributed by atoms with Gasteiger partial charge < -0.3 is 5.73 Å². The lowest BCUT2D eigenvalue weighted by Gasteiger charge is -2.07. The van der Waals surface area contributed by atoms with E-state index in [4.69, 9.17) is 5.73 Å². The van der Waals surface area contributed by atoms with Crippen molar-refractivity contribution in [2.24, 2.45) is 0 Å². The van der Waals surface area contributed by atoms with E-state index in [9.17, 15) is 18.0 Å². The molecule has 2 rings (SSSR count). The lowest BCUT2D eigenvalue weighted by atomic mass is 10.0. The summed E-state index contributed by atoms with van der Waals surface area (Å²) in [6.45, 7) is 1.47. The van der Waals surface area contributed by atoms with Crippen molar-refractivity contribution in [3.8, 4) is 0 Å². The highest BCUT2D eigenvalue weighted by molar-refractivity contribution is 6.09. The van der Waals surface area contributed by atoms with Gasteiger partial charge in [-0.05, 0) is 31.2 Å². The Balaban J connectivity index is 2.50. The van der Waals surface area contributed by atoms with Gasteiger partial charge in [0.2, 0.25) is 0 Å². The molecule has 0 spiro atoms. The van der Waals surface area contributed by atoms with Crippen LogP contribution in [-0.4, -0.2) is 5.78 Å². The van der Waals surface area contributed by atoms with E-state index in [0.29, 0.717) is 6.07 Å². The van der Waals surface area contributed by atoms with Gasteiger partial charge in [0.05, 0.1) is 5.56 Å². The van der Waals surface area contributed by atoms with E-state index in [1.54, 1.807) is 0 Å². The van der Waals surface area contributed by atoms with Crippen molar-refractivity contribution in [1.29, 1.82) is 0 Å². The maximum Gasteiger partial charge on any atom is 0.196 e. The van der Waals surface area contributed by atoms with Crippen LogP contribution in [0.2, 0.25) is 0 Å². The van der Waals surface area contributed by atoms with Crippen LogP contribution < -0.4 is 5.73 Å². The molecule has 0 heterocycles. The minimum atomic E-state index is -0.996. The van der Waals surface area contributed by atoms with Crippen LogP contribution in [0.4, 0.5) is 18.9 Å². The highest BCUT2D eigenvalue weighted by Gasteiger charge is 2.17. The fourth-order valence-electron chi connectivity index (χ4n) is 1.66. The van der Waals surface area contributed by atoms with E-state index >= 15 is 0 Å². The second-order valence-electron chi connectivity index (χ2n) is 4.13. The molecule has 2 aromatic carbocycles. The van der Waals surface area contributed by atoms with Gasteiger partial charge >= 0.3 is 0 Å². The van der Waals surface area contributed by atoms with Crippen LogP contribution in [0.3, 0.4) is 0 Å². The average molecular weight is 265 g/mol. The van der Waals surface area contributed by atoms with Gasteiger partial charge in [-0.25, -0.2) is 13.2 Å². The topological polar surface area (TPSA) is 43.1 Å². The molecule has 0 bridgehead atoms. The number of anilines is 1. The van der Waals surface area contributed by atoms with Crippen LogP contribution in [0.15, 0.2) is 30.3 Å². The molecule has 0 aliphatic heterocycles. The zero-order chi connectivity index (χ0) is 14.2. The third-order valence-corrected chi connectivity index (χ3v) is 2.82. The molecular formula is C14H10F3NO. The molecule has 2 N–H and O–H groups in total. The standard InChI is InChI=1S/C14H10F3NO/c1-7-11(16)4-8(5-13(7)18)14(19)10-3-2-9(15)6-12(10)17/h2-6H,18H2,1H3.